The molecular formula is C24H36FNO5. The Balaban J connectivity index is 1.74. The number of hydrogen-bond donors (Lipinski definition) is 4. The number of carboxylic acids is 1. The Bertz CT molecular complexity index is 711. The molecule has 1 aromatic carbocycles. The van der Waals surface area contributed by atoms with Crippen LogP contribution < -0.4 is 0 Å². The molecule has 4 N–H and O–H groups in total. The first-order chi connectivity index (χ1) is 14.9. The van der Waals surface area contributed by atoms with Crippen LogP contribution >= 0.6 is 0 Å². The van der Waals surface area contributed by atoms with Gasteiger partial charge < -0.3 is 20.5 Å². The van der Waals surface area contributed by atoms with E-state index in [1.54, 1.807) is 12.1 Å². The maximum Gasteiger partial charge on any atom is 0.303 e. The summed E-state index contributed by atoms with van der Waals surface area (Å²) in [5.41, 5.74) is 1.26. The minimum absolute atomic E-state index is 0.00371. The lowest BCUT2D eigenvalue weighted by atomic mass is 9.84. The van der Waals surface area contributed by atoms with Crippen molar-refractivity contribution in [1.82, 2.24) is 0 Å². The van der Waals surface area contributed by atoms with Gasteiger partial charge in [0.15, 0.2) is 0 Å². The van der Waals surface area contributed by atoms with Gasteiger partial charge >= 0.3 is 5.97 Å². The SMILES string of the molecule is O=C(O)CCCCCCC1C(O)C/C(=N\O)C1CCC(O)CCCc1ccccc1F. The third-order valence-electron chi connectivity index (χ3n) is 6.42. The molecule has 1 saturated carbocycles. The van der Waals surface area contributed by atoms with Crippen LogP contribution in [0.25, 0.3) is 0 Å². The minimum atomic E-state index is -0.775. The van der Waals surface area contributed by atoms with Gasteiger partial charge in [-0.2, -0.15) is 0 Å². The van der Waals surface area contributed by atoms with Gasteiger partial charge in [0, 0.05) is 18.8 Å². The Morgan fingerprint density at radius 3 is 2.55 bits per heavy atom. The normalized spacial score (nSPS) is 23.3. The molecule has 2 rings (SSSR count). The lowest BCUT2D eigenvalue weighted by molar-refractivity contribution is -0.137. The summed E-state index contributed by atoms with van der Waals surface area (Å²) in [5.74, 6) is -1.05. The molecule has 0 aromatic heterocycles. The Morgan fingerprint density at radius 1 is 1.10 bits per heavy atom. The topological polar surface area (TPSA) is 110 Å². The van der Waals surface area contributed by atoms with Crippen LogP contribution in [0.5, 0.6) is 0 Å². The summed E-state index contributed by atoms with van der Waals surface area (Å²) in [5, 5.41) is 42.2. The number of carboxylic acid groups (broad SMARTS) is 1. The molecule has 0 aliphatic heterocycles. The molecular weight excluding hydrogens is 401 g/mol. The van der Waals surface area contributed by atoms with Crippen molar-refractivity contribution in [1.29, 1.82) is 0 Å². The number of carbonyl (C=O) groups is 1. The van der Waals surface area contributed by atoms with Gasteiger partial charge in [0.2, 0.25) is 0 Å². The Hall–Kier alpha value is -1.99. The molecule has 0 amide bonds. The molecule has 0 saturated heterocycles. The second-order valence-corrected chi connectivity index (χ2v) is 8.69. The average molecular weight is 438 g/mol. The van der Waals surface area contributed by atoms with Crippen molar-refractivity contribution in [3.05, 3.63) is 35.6 Å². The van der Waals surface area contributed by atoms with Crippen molar-refractivity contribution in [2.75, 3.05) is 0 Å². The van der Waals surface area contributed by atoms with E-state index in [0.29, 0.717) is 56.2 Å². The summed E-state index contributed by atoms with van der Waals surface area (Å²) >= 11 is 0. The fourth-order valence-electron chi connectivity index (χ4n) is 4.68. The van der Waals surface area contributed by atoms with Crippen LogP contribution in [0.4, 0.5) is 4.39 Å². The molecule has 1 aliphatic carbocycles. The first kappa shape index (κ1) is 25.3. The van der Waals surface area contributed by atoms with E-state index in [4.69, 9.17) is 5.11 Å². The molecule has 0 radical (unpaired) electrons. The number of halogens is 1. The number of aliphatic hydroxyl groups excluding tert-OH is 2. The third kappa shape index (κ3) is 8.57. The zero-order valence-electron chi connectivity index (χ0n) is 18.1. The number of unbranched alkanes of at least 4 members (excludes halogenated alkanes) is 3. The molecule has 0 heterocycles. The van der Waals surface area contributed by atoms with Crippen molar-refractivity contribution in [3.8, 4) is 0 Å². The fraction of sp³-hybridized carbons (Fsp3) is 0.667. The number of aliphatic hydroxyl groups is 2. The summed E-state index contributed by atoms with van der Waals surface area (Å²) in [4.78, 5) is 10.6. The first-order valence-electron chi connectivity index (χ1n) is 11.4. The van der Waals surface area contributed by atoms with E-state index < -0.39 is 18.2 Å². The van der Waals surface area contributed by atoms with Gasteiger partial charge in [-0.25, -0.2) is 4.39 Å². The highest BCUT2D eigenvalue weighted by Crippen LogP contribution is 2.37. The number of aryl methyl sites for hydroxylation is 1. The van der Waals surface area contributed by atoms with Crippen LogP contribution in [-0.4, -0.2) is 44.4 Å². The van der Waals surface area contributed by atoms with Crippen LogP contribution in [0, 0.1) is 17.7 Å². The summed E-state index contributed by atoms with van der Waals surface area (Å²) in [6, 6.07) is 6.68. The predicted octanol–water partition coefficient (Wildman–Crippen LogP) is 4.54. The Kier molecular flexibility index (Phi) is 10.9. The highest BCUT2D eigenvalue weighted by Gasteiger charge is 2.39. The van der Waals surface area contributed by atoms with E-state index >= 15 is 0 Å². The molecule has 0 bridgehead atoms. The monoisotopic (exact) mass is 437 g/mol. The van der Waals surface area contributed by atoms with E-state index in [1.807, 2.05) is 6.07 Å². The molecule has 7 heteroatoms. The van der Waals surface area contributed by atoms with Gasteiger partial charge in [-0.05, 0) is 62.5 Å². The molecule has 1 aliphatic rings. The van der Waals surface area contributed by atoms with Gasteiger partial charge in [-0.3, -0.25) is 4.79 Å². The summed E-state index contributed by atoms with van der Waals surface area (Å²) in [7, 11) is 0. The van der Waals surface area contributed by atoms with E-state index in [9.17, 15) is 24.6 Å². The largest absolute Gasteiger partial charge is 0.481 e. The molecule has 0 spiro atoms. The third-order valence-corrected chi connectivity index (χ3v) is 6.42. The molecule has 4 unspecified atom stereocenters. The first-order valence-corrected chi connectivity index (χ1v) is 11.4. The molecule has 1 aromatic rings. The van der Waals surface area contributed by atoms with Crippen LogP contribution in [0.2, 0.25) is 0 Å². The average Bonchev–Trinajstić information content (AvgIpc) is 3.04. The lowest BCUT2D eigenvalue weighted by Gasteiger charge is -2.23. The zero-order chi connectivity index (χ0) is 22.6. The lowest BCUT2D eigenvalue weighted by Crippen LogP contribution is -2.22. The van der Waals surface area contributed by atoms with Crippen molar-refractivity contribution in [2.45, 2.75) is 89.3 Å². The van der Waals surface area contributed by atoms with Crippen LogP contribution in [0.1, 0.15) is 76.2 Å². The number of aliphatic carboxylic acids is 1. The number of benzene rings is 1. The minimum Gasteiger partial charge on any atom is -0.481 e. The Labute approximate surface area is 183 Å². The van der Waals surface area contributed by atoms with Crippen LogP contribution in [0.3, 0.4) is 0 Å². The van der Waals surface area contributed by atoms with Crippen molar-refractivity contribution < 1.29 is 29.7 Å². The van der Waals surface area contributed by atoms with Gasteiger partial charge in [-0.15, -0.1) is 0 Å². The Morgan fingerprint density at radius 2 is 1.84 bits per heavy atom. The molecule has 6 nitrogen and oxygen atoms in total. The quantitative estimate of drug-likeness (QED) is 0.194. The second-order valence-electron chi connectivity index (χ2n) is 8.69. The maximum absolute atomic E-state index is 13.7. The van der Waals surface area contributed by atoms with E-state index in [-0.39, 0.29) is 24.1 Å². The van der Waals surface area contributed by atoms with Crippen molar-refractivity contribution in [2.24, 2.45) is 17.0 Å². The van der Waals surface area contributed by atoms with Crippen LogP contribution in [0.15, 0.2) is 29.4 Å². The number of hydrogen-bond acceptors (Lipinski definition) is 5. The second kappa shape index (κ2) is 13.4. The predicted molar refractivity (Wildman–Crippen MR) is 117 cm³/mol. The summed E-state index contributed by atoms with van der Waals surface area (Å²) < 4.78 is 13.7. The van der Waals surface area contributed by atoms with Gasteiger partial charge in [0.1, 0.15) is 5.82 Å². The van der Waals surface area contributed by atoms with Crippen molar-refractivity contribution >= 4 is 11.7 Å². The van der Waals surface area contributed by atoms with Gasteiger partial charge in [0.05, 0.1) is 17.9 Å². The highest BCUT2D eigenvalue weighted by molar-refractivity contribution is 5.89. The standard InChI is InChI=1S/C24H36FNO5/c25-21-12-6-5-8-17(21)9-7-10-18(27)14-15-19-20(23(28)16-22(19)26-31)11-3-1-2-4-13-24(29)30/h5-6,8,12,18-20,23,27-28,31H,1-4,7,9-11,13-16H2,(H,29,30)/b26-22+. The summed E-state index contributed by atoms with van der Waals surface area (Å²) in [6.45, 7) is 0. The highest BCUT2D eigenvalue weighted by atomic mass is 19.1. The fourth-order valence-corrected chi connectivity index (χ4v) is 4.68. The van der Waals surface area contributed by atoms with E-state index in [1.165, 1.54) is 6.07 Å². The van der Waals surface area contributed by atoms with Gasteiger partial charge in [0.25, 0.3) is 0 Å². The smallest absolute Gasteiger partial charge is 0.303 e. The van der Waals surface area contributed by atoms with Crippen LogP contribution in [-0.2, 0) is 11.2 Å². The number of nitrogens with zero attached hydrogens (tertiary/aromatic N) is 1. The molecule has 174 valence electrons. The molecule has 1 fully saturated rings. The maximum atomic E-state index is 13.7. The number of rotatable bonds is 14. The number of oxime groups is 1. The molecule has 31 heavy (non-hydrogen) atoms. The zero-order valence-corrected chi connectivity index (χ0v) is 18.1. The summed E-state index contributed by atoms with van der Waals surface area (Å²) in [6.07, 6.45) is 6.61. The molecule has 4 atom stereocenters. The van der Waals surface area contributed by atoms with E-state index in [0.717, 1.165) is 25.7 Å². The van der Waals surface area contributed by atoms with E-state index in [2.05, 4.69) is 5.16 Å². The van der Waals surface area contributed by atoms with Gasteiger partial charge in [-0.1, -0.05) is 42.6 Å². The van der Waals surface area contributed by atoms with Crippen molar-refractivity contribution in [3.63, 3.8) is 0 Å².